The van der Waals surface area contributed by atoms with Gasteiger partial charge in [0.15, 0.2) is 5.96 Å². The molecule has 0 saturated carbocycles. The summed E-state index contributed by atoms with van der Waals surface area (Å²) in [7, 11) is 3.70. The number of aliphatic imine (C=N–C) groups is 1. The Balaban J connectivity index is 1.80. The highest BCUT2D eigenvalue weighted by Gasteiger charge is 2.19. The standard InChI is InChI=1S/C19H27ClN4O2/c1-19(2,3)16-12-22-17(26-16)13-23-18(21-4)24(5)10-11-25-15-8-6-14(20)7-9-15/h6-9,12H,10-11,13H2,1-5H3,(H,21,23). The zero-order valence-corrected chi connectivity index (χ0v) is 16.8. The fourth-order valence-electron chi connectivity index (χ4n) is 2.22. The summed E-state index contributed by atoms with van der Waals surface area (Å²) >= 11 is 5.87. The number of hydrogen-bond acceptors (Lipinski definition) is 4. The number of nitrogens with zero attached hydrogens (tertiary/aromatic N) is 3. The minimum atomic E-state index is -0.0529. The maximum atomic E-state index is 5.87. The van der Waals surface area contributed by atoms with Gasteiger partial charge in [-0.05, 0) is 24.3 Å². The molecular formula is C19H27ClN4O2. The van der Waals surface area contributed by atoms with E-state index in [1.807, 2.05) is 36.2 Å². The third kappa shape index (κ3) is 5.95. The average Bonchev–Trinajstić information content (AvgIpc) is 3.06. The van der Waals surface area contributed by atoms with E-state index in [4.69, 9.17) is 20.8 Å². The van der Waals surface area contributed by atoms with Crippen molar-refractivity contribution in [1.29, 1.82) is 0 Å². The van der Waals surface area contributed by atoms with Gasteiger partial charge in [-0.3, -0.25) is 4.99 Å². The van der Waals surface area contributed by atoms with Gasteiger partial charge in [-0.2, -0.15) is 0 Å². The smallest absolute Gasteiger partial charge is 0.213 e. The van der Waals surface area contributed by atoms with Gasteiger partial charge in [-0.15, -0.1) is 0 Å². The highest BCUT2D eigenvalue weighted by Crippen LogP contribution is 2.22. The van der Waals surface area contributed by atoms with E-state index in [0.29, 0.717) is 30.6 Å². The molecule has 2 aromatic rings. The molecule has 0 aliphatic rings. The zero-order chi connectivity index (χ0) is 19.2. The molecule has 1 aromatic carbocycles. The maximum Gasteiger partial charge on any atom is 0.213 e. The first kappa shape index (κ1) is 20.1. The van der Waals surface area contributed by atoms with Crippen molar-refractivity contribution in [2.45, 2.75) is 32.7 Å². The molecular weight excluding hydrogens is 352 g/mol. The van der Waals surface area contributed by atoms with Crippen LogP contribution in [-0.4, -0.2) is 43.1 Å². The van der Waals surface area contributed by atoms with Crippen molar-refractivity contribution in [3.8, 4) is 5.75 Å². The Morgan fingerprint density at radius 1 is 1.31 bits per heavy atom. The van der Waals surface area contributed by atoms with Gasteiger partial charge in [0.25, 0.3) is 0 Å². The van der Waals surface area contributed by atoms with E-state index < -0.39 is 0 Å². The van der Waals surface area contributed by atoms with Crippen molar-refractivity contribution < 1.29 is 9.15 Å². The minimum Gasteiger partial charge on any atom is -0.492 e. The van der Waals surface area contributed by atoms with Crippen molar-refractivity contribution in [2.24, 2.45) is 4.99 Å². The number of oxazole rings is 1. The minimum absolute atomic E-state index is 0.0529. The van der Waals surface area contributed by atoms with E-state index in [1.54, 1.807) is 13.2 Å². The number of benzene rings is 1. The molecule has 0 saturated heterocycles. The van der Waals surface area contributed by atoms with Gasteiger partial charge in [0.1, 0.15) is 18.1 Å². The third-order valence-corrected chi connectivity index (χ3v) is 4.02. The lowest BCUT2D eigenvalue weighted by molar-refractivity contribution is 0.281. The van der Waals surface area contributed by atoms with Crippen LogP contribution in [-0.2, 0) is 12.0 Å². The molecule has 142 valence electrons. The van der Waals surface area contributed by atoms with Gasteiger partial charge in [0.05, 0.1) is 19.3 Å². The maximum absolute atomic E-state index is 5.87. The van der Waals surface area contributed by atoms with Gasteiger partial charge in [-0.25, -0.2) is 4.98 Å². The molecule has 1 aromatic heterocycles. The van der Waals surface area contributed by atoms with Crippen molar-refractivity contribution in [2.75, 3.05) is 27.2 Å². The quantitative estimate of drug-likeness (QED) is 0.613. The number of rotatable bonds is 6. The highest BCUT2D eigenvalue weighted by molar-refractivity contribution is 6.30. The average molecular weight is 379 g/mol. The van der Waals surface area contributed by atoms with Gasteiger partial charge in [-0.1, -0.05) is 32.4 Å². The Labute approximate surface area is 160 Å². The Hall–Kier alpha value is -2.21. The lowest BCUT2D eigenvalue weighted by Crippen LogP contribution is -2.40. The van der Waals surface area contributed by atoms with Crippen LogP contribution in [0.2, 0.25) is 5.02 Å². The molecule has 0 aliphatic carbocycles. The second-order valence-electron chi connectivity index (χ2n) is 6.99. The van der Waals surface area contributed by atoms with Crippen LogP contribution < -0.4 is 10.1 Å². The van der Waals surface area contributed by atoms with Crippen LogP contribution in [0.15, 0.2) is 39.9 Å². The fourth-order valence-corrected chi connectivity index (χ4v) is 2.34. The second-order valence-corrected chi connectivity index (χ2v) is 7.43. The molecule has 6 nitrogen and oxygen atoms in total. The van der Waals surface area contributed by atoms with Crippen molar-refractivity contribution >= 4 is 17.6 Å². The van der Waals surface area contributed by atoms with E-state index in [-0.39, 0.29) is 5.41 Å². The molecule has 0 amide bonds. The number of aromatic nitrogens is 1. The number of guanidine groups is 1. The lowest BCUT2D eigenvalue weighted by atomic mass is 9.94. The normalized spacial score (nSPS) is 12.2. The summed E-state index contributed by atoms with van der Waals surface area (Å²) in [5, 5.41) is 3.95. The molecule has 0 unspecified atom stereocenters. The van der Waals surface area contributed by atoms with Crippen LogP contribution >= 0.6 is 11.6 Å². The van der Waals surface area contributed by atoms with Crippen molar-refractivity contribution in [3.63, 3.8) is 0 Å². The molecule has 0 bridgehead atoms. The van der Waals surface area contributed by atoms with E-state index in [9.17, 15) is 0 Å². The SMILES string of the molecule is CN=C(NCc1ncc(C(C)(C)C)o1)N(C)CCOc1ccc(Cl)cc1. The summed E-state index contributed by atoms with van der Waals surface area (Å²) in [6.45, 7) is 7.98. The molecule has 7 heteroatoms. The molecule has 0 spiro atoms. The second kappa shape index (κ2) is 8.94. The lowest BCUT2D eigenvalue weighted by Gasteiger charge is -2.21. The zero-order valence-electron chi connectivity index (χ0n) is 16.0. The van der Waals surface area contributed by atoms with Crippen LogP contribution in [0.5, 0.6) is 5.75 Å². The van der Waals surface area contributed by atoms with Crippen LogP contribution in [0.25, 0.3) is 0 Å². The van der Waals surface area contributed by atoms with Crippen LogP contribution in [0.1, 0.15) is 32.4 Å². The van der Waals surface area contributed by atoms with Crippen molar-refractivity contribution in [3.05, 3.63) is 47.1 Å². The van der Waals surface area contributed by atoms with Gasteiger partial charge >= 0.3 is 0 Å². The molecule has 1 heterocycles. The summed E-state index contributed by atoms with van der Waals surface area (Å²) in [4.78, 5) is 10.6. The number of ether oxygens (including phenoxy) is 1. The Morgan fingerprint density at radius 3 is 2.58 bits per heavy atom. The van der Waals surface area contributed by atoms with E-state index in [0.717, 1.165) is 17.5 Å². The Bertz CT molecular complexity index is 720. The topological polar surface area (TPSA) is 62.9 Å². The predicted octanol–water partition coefficient (Wildman–Crippen LogP) is 3.71. The highest BCUT2D eigenvalue weighted by atomic mass is 35.5. The van der Waals surface area contributed by atoms with Crippen molar-refractivity contribution in [1.82, 2.24) is 15.2 Å². The molecule has 26 heavy (non-hydrogen) atoms. The number of halogens is 1. The summed E-state index contributed by atoms with van der Waals surface area (Å²) < 4.78 is 11.5. The summed E-state index contributed by atoms with van der Waals surface area (Å²) in [5.74, 6) is 3.05. The first-order valence-corrected chi connectivity index (χ1v) is 8.92. The number of nitrogens with one attached hydrogen (secondary N) is 1. The first-order valence-electron chi connectivity index (χ1n) is 8.55. The molecule has 0 atom stereocenters. The molecule has 1 N–H and O–H groups in total. The molecule has 0 fully saturated rings. The molecule has 2 rings (SSSR count). The van der Waals surface area contributed by atoms with E-state index >= 15 is 0 Å². The van der Waals surface area contributed by atoms with Crippen LogP contribution in [0.4, 0.5) is 0 Å². The predicted molar refractivity (Wildman–Crippen MR) is 105 cm³/mol. The van der Waals surface area contributed by atoms with Gasteiger partial charge < -0.3 is 19.4 Å². The molecule has 0 aliphatic heterocycles. The fraction of sp³-hybridized carbons (Fsp3) is 0.474. The summed E-state index contributed by atoms with van der Waals surface area (Å²) in [6, 6.07) is 7.32. The number of likely N-dealkylation sites (N-methyl/N-ethyl adjacent to an activating group) is 1. The van der Waals surface area contributed by atoms with Gasteiger partial charge in [0, 0.05) is 24.5 Å². The molecule has 0 radical (unpaired) electrons. The van der Waals surface area contributed by atoms with Crippen LogP contribution in [0.3, 0.4) is 0 Å². The first-order chi connectivity index (χ1) is 12.3. The monoisotopic (exact) mass is 378 g/mol. The summed E-state index contributed by atoms with van der Waals surface area (Å²) in [5.41, 5.74) is -0.0529. The Kier molecular flexibility index (Phi) is 6.91. The van der Waals surface area contributed by atoms with E-state index in [2.05, 4.69) is 36.1 Å². The Morgan fingerprint density at radius 2 is 2.00 bits per heavy atom. The largest absolute Gasteiger partial charge is 0.492 e. The van der Waals surface area contributed by atoms with Crippen LogP contribution in [0, 0.1) is 0 Å². The summed E-state index contributed by atoms with van der Waals surface area (Å²) in [6.07, 6.45) is 1.78. The third-order valence-electron chi connectivity index (χ3n) is 3.77. The van der Waals surface area contributed by atoms with E-state index in [1.165, 1.54) is 0 Å². The van der Waals surface area contributed by atoms with Gasteiger partial charge in [0.2, 0.25) is 5.89 Å². The number of hydrogen-bond donors (Lipinski definition) is 1.